The number of sulfonamides is 1. The van der Waals surface area contributed by atoms with Crippen molar-refractivity contribution in [3.05, 3.63) is 30.0 Å². The first-order valence-electron chi connectivity index (χ1n) is 5.48. The number of benzene rings is 1. The minimum absolute atomic E-state index is 0.0259. The van der Waals surface area contributed by atoms with E-state index in [0.717, 1.165) is 10.9 Å². The molecule has 0 aliphatic heterocycles. The van der Waals surface area contributed by atoms with Crippen LogP contribution in [0, 0.1) is 0 Å². The molecular formula is C12H15N3O2S. The molecule has 0 saturated heterocycles. The Balaban J connectivity index is 2.90. The Labute approximate surface area is 106 Å². The SMILES string of the molecule is CC(C)(C)c1cc(S(N)(=O)=O)c2nnccc2c1. The molecule has 1 aromatic carbocycles. The van der Waals surface area contributed by atoms with Crippen molar-refractivity contribution in [2.24, 2.45) is 5.14 Å². The smallest absolute Gasteiger partial charge is 0.225 e. The molecule has 1 heterocycles. The van der Waals surface area contributed by atoms with Crippen molar-refractivity contribution in [1.82, 2.24) is 10.2 Å². The van der Waals surface area contributed by atoms with Crippen molar-refractivity contribution in [2.45, 2.75) is 31.1 Å². The maximum absolute atomic E-state index is 11.6. The summed E-state index contributed by atoms with van der Waals surface area (Å²) in [4.78, 5) is 0.0259. The van der Waals surface area contributed by atoms with Gasteiger partial charge >= 0.3 is 0 Å². The Morgan fingerprint density at radius 2 is 1.89 bits per heavy atom. The summed E-state index contributed by atoms with van der Waals surface area (Å²) < 4.78 is 23.3. The van der Waals surface area contributed by atoms with E-state index >= 15 is 0 Å². The van der Waals surface area contributed by atoms with Crippen LogP contribution in [-0.2, 0) is 15.4 Å². The van der Waals surface area contributed by atoms with E-state index in [1.165, 1.54) is 6.20 Å². The lowest BCUT2D eigenvalue weighted by atomic mass is 9.86. The maximum atomic E-state index is 11.6. The van der Waals surface area contributed by atoms with Gasteiger partial charge in [-0.05, 0) is 29.2 Å². The van der Waals surface area contributed by atoms with Crippen LogP contribution in [0.3, 0.4) is 0 Å². The molecule has 5 nitrogen and oxygen atoms in total. The van der Waals surface area contributed by atoms with Gasteiger partial charge in [0.15, 0.2) is 0 Å². The summed E-state index contributed by atoms with van der Waals surface area (Å²) in [6.07, 6.45) is 1.53. The molecule has 0 unspecified atom stereocenters. The maximum Gasteiger partial charge on any atom is 0.240 e. The Kier molecular flexibility index (Phi) is 2.87. The lowest BCUT2D eigenvalue weighted by molar-refractivity contribution is 0.585. The fourth-order valence-electron chi connectivity index (χ4n) is 1.72. The molecule has 0 aliphatic carbocycles. The van der Waals surface area contributed by atoms with Crippen LogP contribution in [-0.4, -0.2) is 18.6 Å². The predicted molar refractivity (Wildman–Crippen MR) is 69.6 cm³/mol. The number of aromatic nitrogens is 2. The van der Waals surface area contributed by atoms with Gasteiger partial charge in [0.2, 0.25) is 10.0 Å². The molecule has 0 bridgehead atoms. The van der Waals surface area contributed by atoms with Gasteiger partial charge in [-0.2, -0.15) is 5.10 Å². The fourth-order valence-corrected chi connectivity index (χ4v) is 2.44. The van der Waals surface area contributed by atoms with Gasteiger partial charge in [-0.1, -0.05) is 20.8 Å². The zero-order chi connectivity index (χ0) is 13.6. The second kappa shape index (κ2) is 4.00. The number of rotatable bonds is 1. The molecule has 0 atom stereocenters. The molecule has 18 heavy (non-hydrogen) atoms. The van der Waals surface area contributed by atoms with Gasteiger partial charge in [0.1, 0.15) is 10.4 Å². The monoisotopic (exact) mass is 265 g/mol. The Morgan fingerprint density at radius 3 is 2.44 bits per heavy atom. The van der Waals surface area contributed by atoms with Crippen LogP contribution in [0.5, 0.6) is 0 Å². The molecular weight excluding hydrogens is 250 g/mol. The van der Waals surface area contributed by atoms with Gasteiger partial charge in [-0.3, -0.25) is 0 Å². The molecule has 0 amide bonds. The van der Waals surface area contributed by atoms with E-state index in [4.69, 9.17) is 5.14 Å². The van der Waals surface area contributed by atoms with Crippen LogP contribution < -0.4 is 5.14 Å². The highest BCUT2D eigenvalue weighted by Gasteiger charge is 2.21. The minimum atomic E-state index is -3.81. The molecule has 2 N–H and O–H groups in total. The van der Waals surface area contributed by atoms with Crippen molar-refractivity contribution < 1.29 is 8.42 Å². The highest BCUT2D eigenvalue weighted by molar-refractivity contribution is 7.89. The molecule has 96 valence electrons. The standard InChI is InChI=1S/C12H15N3O2S/c1-12(2,3)9-6-8-4-5-14-15-11(8)10(7-9)18(13,16)17/h4-7H,1-3H3,(H2,13,16,17). The summed E-state index contributed by atoms with van der Waals surface area (Å²) in [5, 5.41) is 13.5. The molecule has 2 rings (SSSR count). The fraction of sp³-hybridized carbons (Fsp3) is 0.333. The summed E-state index contributed by atoms with van der Waals surface area (Å²) in [6.45, 7) is 6.03. The van der Waals surface area contributed by atoms with Gasteiger partial charge in [0.25, 0.3) is 0 Å². The third-order valence-corrected chi connectivity index (χ3v) is 3.68. The molecule has 0 saturated carbocycles. The summed E-state index contributed by atoms with van der Waals surface area (Å²) in [5.41, 5.74) is 1.04. The normalized spacial score (nSPS) is 12.9. The lowest BCUT2D eigenvalue weighted by Gasteiger charge is -2.20. The van der Waals surface area contributed by atoms with Crippen molar-refractivity contribution in [2.75, 3.05) is 0 Å². The second-order valence-electron chi connectivity index (χ2n) is 5.24. The zero-order valence-electron chi connectivity index (χ0n) is 10.5. The molecule has 0 fully saturated rings. The minimum Gasteiger partial charge on any atom is -0.225 e. The topological polar surface area (TPSA) is 85.9 Å². The highest BCUT2D eigenvalue weighted by atomic mass is 32.2. The molecule has 1 aromatic heterocycles. The highest BCUT2D eigenvalue weighted by Crippen LogP contribution is 2.29. The van der Waals surface area contributed by atoms with E-state index in [-0.39, 0.29) is 10.3 Å². The molecule has 0 spiro atoms. The summed E-state index contributed by atoms with van der Waals surface area (Å²) in [6, 6.07) is 5.22. The number of nitrogens with two attached hydrogens (primary N) is 1. The van der Waals surface area contributed by atoms with Crippen LogP contribution in [0.25, 0.3) is 10.9 Å². The quantitative estimate of drug-likeness (QED) is 0.848. The molecule has 0 radical (unpaired) electrons. The first-order valence-corrected chi connectivity index (χ1v) is 7.03. The second-order valence-corrected chi connectivity index (χ2v) is 6.77. The van der Waals surface area contributed by atoms with Crippen molar-refractivity contribution in [1.29, 1.82) is 0 Å². The van der Waals surface area contributed by atoms with Crippen LogP contribution in [0.2, 0.25) is 0 Å². The van der Waals surface area contributed by atoms with Crippen molar-refractivity contribution in [3.8, 4) is 0 Å². The third-order valence-electron chi connectivity index (χ3n) is 2.76. The Morgan fingerprint density at radius 1 is 1.22 bits per heavy atom. The third kappa shape index (κ3) is 2.34. The lowest BCUT2D eigenvalue weighted by Crippen LogP contribution is -2.17. The number of primary sulfonamides is 1. The zero-order valence-corrected chi connectivity index (χ0v) is 11.3. The number of nitrogens with zero attached hydrogens (tertiary/aromatic N) is 2. The Bertz CT molecular complexity index is 703. The number of hydrogen-bond donors (Lipinski definition) is 1. The summed E-state index contributed by atoms with van der Waals surface area (Å²) in [5.74, 6) is 0. The molecule has 0 aliphatic rings. The van der Waals surface area contributed by atoms with E-state index in [1.54, 1.807) is 12.1 Å². The first kappa shape index (κ1) is 12.9. The van der Waals surface area contributed by atoms with Gasteiger partial charge < -0.3 is 0 Å². The largest absolute Gasteiger partial charge is 0.240 e. The molecule has 6 heteroatoms. The van der Waals surface area contributed by atoms with Gasteiger partial charge in [0.05, 0.1) is 6.20 Å². The number of hydrogen-bond acceptors (Lipinski definition) is 4. The Hall–Kier alpha value is -1.53. The predicted octanol–water partition coefficient (Wildman–Crippen LogP) is 1.57. The van der Waals surface area contributed by atoms with Gasteiger partial charge in [-0.25, -0.2) is 13.6 Å². The summed E-state index contributed by atoms with van der Waals surface area (Å²) >= 11 is 0. The van der Waals surface area contributed by atoms with Crippen LogP contribution in [0.15, 0.2) is 29.3 Å². The average molecular weight is 265 g/mol. The van der Waals surface area contributed by atoms with Crippen molar-refractivity contribution in [3.63, 3.8) is 0 Å². The van der Waals surface area contributed by atoms with Crippen LogP contribution in [0.1, 0.15) is 26.3 Å². The van der Waals surface area contributed by atoms with Crippen LogP contribution in [0.4, 0.5) is 0 Å². The molecule has 2 aromatic rings. The summed E-state index contributed by atoms with van der Waals surface area (Å²) in [7, 11) is -3.81. The van der Waals surface area contributed by atoms with E-state index < -0.39 is 10.0 Å². The van der Waals surface area contributed by atoms with Gasteiger partial charge in [0, 0.05) is 5.39 Å². The average Bonchev–Trinajstić information content (AvgIpc) is 2.25. The van der Waals surface area contributed by atoms with E-state index in [2.05, 4.69) is 10.2 Å². The first-order chi connectivity index (χ1) is 8.19. The van der Waals surface area contributed by atoms with E-state index in [9.17, 15) is 8.42 Å². The number of fused-ring (bicyclic) bond motifs is 1. The van der Waals surface area contributed by atoms with Crippen molar-refractivity contribution >= 4 is 20.9 Å². The van der Waals surface area contributed by atoms with Gasteiger partial charge in [-0.15, -0.1) is 5.10 Å². The van der Waals surface area contributed by atoms with E-state index in [1.807, 2.05) is 26.8 Å². The van der Waals surface area contributed by atoms with E-state index in [0.29, 0.717) is 5.52 Å². The van der Waals surface area contributed by atoms with Crippen LogP contribution >= 0.6 is 0 Å².